The number of amides is 1. The molecule has 0 spiro atoms. The first kappa shape index (κ1) is 14.3. The van der Waals surface area contributed by atoms with E-state index in [-0.39, 0.29) is 12.4 Å². The zero-order valence-electron chi connectivity index (χ0n) is 10.3. The summed E-state index contributed by atoms with van der Waals surface area (Å²) in [5.41, 5.74) is 5.66. The van der Waals surface area contributed by atoms with Crippen LogP contribution in [0.3, 0.4) is 0 Å². The Balaban J connectivity index is 2.28. The van der Waals surface area contributed by atoms with Gasteiger partial charge in [-0.1, -0.05) is 0 Å². The molecule has 0 aromatic heterocycles. The van der Waals surface area contributed by atoms with Gasteiger partial charge >= 0.3 is 0 Å². The monoisotopic (exact) mass is 254 g/mol. The average molecular weight is 254 g/mol. The SMILES string of the molecule is COc1ccc(O)c(CNCCOCC(N)=O)c1. The topological polar surface area (TPSA) is 93.8 Å². The fourth-order valence-electron chi connectivity index (χ4n) is 1.37. The van der Waals surface area contributed by atoms with Gasteiger partial charge in [0.05, 0.1) is 13.7 Å². The minimum absolute atomic E-state index is 0.0773. The van der Waals surface area contributed by atoms with Gasteiger partial charge in [0.25, 0.3) is 0 Å². The van der Waals surface area contributed by atoms with Gasteiger partial charge < -0.3 is 25.6 Å². The van der Waals surface area contributed by atoms with E-state index in [4.69, 9.17) is 15.2 Å². The van der Waals surface area contributed by atoms with Gasteiger partial charge in [0.2, 0.25) is 5.91 Å². The summed E-state index contributed by atoms with van der Waals surface area (Å²) in [6.45, 7) is 1.35. The smallest absolute Gasteiger partial charge is 0.243 e. The lowest BCUT2D eigenvalue weighted by Crippen LogP contribution is -2.23. The summed E-state index contributed by atoms with van der Waals surface area (Å²) in [5.74, 6) is 0.413. The van der Waals surface area contributed by atoms with Crippen molar-refractivity contribution in [1.82, 2.24) is 5.32 Å². The van der Waals surface area contributed by atoms with Crippen LogP contribution >= 0.6 is 0 Å². The Morgan fingerprint density at radius 2 is 2.28 bits per heavy atom. The molecule has 4 N–H and O–H groups in total. The third-order valence-corrected chi connectivity index (χ3v) is 2.27. The second-order valence-electron chi connectivity index (χ2n) is 3.69. The molecule has 0 heterocycles. The maximum atomic E-state index is 10.4. The van der Waals surface area contributed by atoms with E-state index in [0.29, 0.717) is 25.4 Å². The van der Waals surface area contributed by atoms with Crippen LogP contribution in [0.4, 0.5) is 0 Å². The Morgan fingerprint density at radius 3 is 2.94 bits per heavy atom. The normalized spacial score (nSPS) is 10.3. The number of nitrogens with two attached hydrogens (primary N) is 1. The summed E-state index contributed by atoms with van der Waals surface area (Å²) in [4.78, 5) is 10.4. The number of benzene rings is 1. The average Bonchev–Trinajstić information content (AvgIpc) is 2.35. The lowest BCUT2D eigenvalue weighted by molar-refractivity contribution is -0.122. The first-order valence-corrected chi connectivity index (χ1v) is 5.56. The number of carbonyl (C=O) groups excluding carboxylic acids is 1. The lowest BCUT2D eigenvalue weighted by atomic mass is 10.2. The third kappa shape index (κ3) is 5.03. The maximum Gasteiger partial charge on any atom is 0.243 e. The first-order valence-electron chi connectivity index (χ1n) is 5.56. The van der Waals surface area contributed by atoms with Crippen LogP contribution in [0.2, 0.25) is 0 Å². The Morgan fingerprint density at radius 1 is 1.50 bits per heavy atom. The molecule has 0 fully saturated rings. The molecule has 6 heteroatoms. The van der Waals surface area contributed by atoms with Gasteiger partial charge in [-0.25, -0.2) is 0 Å². The Bertz CT molecular complexity index is 396. The van der Waals surface area contributed by atoms with Crippen molar-refractivity contribution in [1.29, 1.82) is 0 Å². The number of methoxy groups -OCH3 is 1. The highest BCUT2D eigenvalue weighted by atomic mass is 16.5. The molecular formula is C12H18N2O4. The van der Waals surface area contributed by atoms with Gasteiger partial charge in [-0.2, -0.15) is 0 Å². The summed E-state index contributed by atoms with van der Waals surface area (Å²) < 4.78 is 10.1. The molecule has 6 nitrogen and oxygen atoms in total. The molecule has 0 radical (unpaired) electrons. The van der Waals surface area contributed by atoms with Crippen molar-refractivity contribution in [3.05, 3.63) is 23.8 Å². The molecule has 0 atom stereocenters. The number of phenols is 1. The van der Waals surface area contributed by atoms with Crippen molar-refractivity contribution in [3.8, 4) is 11.5 Å². The van der Waals surface area contributed by atoms with E-state index in [2.05, 4.69) is 5.32 Å². The molecule has 0 aliphatic carbocycles. The van der Waals surface area contributed by atoms with Crippen LogP contribution in [-0.2, 0) is 16.1 Å². The van der Waals surface area contributed by atoms with Crippen molar-refractivity contribution in [2.24, 2.45) is 5.73 Å². The molecule has 0 saturated carbocycles. The van der Waals surface area contributed by atoms with Gasteiger partial charge in [-0.05, 0) is 18.2 Å². The van der Waals surface area contributed by atoms with Crippen LogP contribution in [0.1, 0.15) is 5.56 Å². The van der Waals surface area contributed by atoms with E-state index in [1.807, 2.05) is 0 Å². The van der Waals surface area contributed by atoms with Crippen molar-refractivity contribution < 1.29 is 19.4 Å². The summed E-state index contributed by atoms with van der Waals surface area (Å²) >= 11 is 0. The lowest BCUT2D eigenvalue weighted by Gasteiger charge is -2.08. The highest BCUT2D eigenvalue weighted by Crippen LogP contribution is 2.22. The van der Waals surface area contributed by atoms with Crippen LogP contribution in [0.5, 0.6) is 11.5 Å². The number of ether oxygens (including phenoxy) is 2. The van der Waals surface area contributed by atoms with E-state index in [1.165, 1.54) is 0 Å². The van der Waals surface area contributed by atoms with Gasteiger partial charge in [0.1, 0.15) is 18.1 Å². The Kier molecular flexibility index (Phi) is 5.96. The highest BCUT2D eigenvalue weighted by molar-refractivity contribution is 5.74. The van der Waals surface area contributed by atoms with Crippen molar-refractivity contribution >= 4 is 5.91 Å². The van der Waals surface area contributed by atoms with E-state index in [9.17, 15) is 9.90 Å². The predicted molar refractivity (Wildman–Crippen MR) is 66.4 cm³/mol. The summed E-state index contributed by atoms with van der Waals surface area (Å²) in [7, 11) is 1.57. The van der Waals surface area contributed by atoms with Gasteiger partial charge in [-0.3, -0.25) is 4.79 Å². The second kappa shape index (κ2) is 7.52. The summed E-state index contributed by atoms with van der Waals surface area (Å²) in [6.07, 6.45) is 0. The molecule has 18 heavy (non-hydrogen) atoms. The molecule has 1 aromatic rings. The molecule has 1 aromatic carbocycles. The van der Waals surface area contributed by atoms with Crippen molar-refractivity contribution in [3.63, 3.8) is 0 Å². The quantitative estimate of drug-likeness (QED) is 0.567. The highest BCUT2D eigenvalue weighted by Gasteiger charge is 2.02. The van der Waals surface area contributed by atoms with Gasteiger partial charge in [0.15, 0.2) is 0 Å². The number of hydrogen-bond acceptors (Lipinski definition) is 5. The van der Waals surface area contributed by atoms with E-state index >= 15 is 0 Å². The first-order chi connectivity index (χ1) is 8.63. The molecule has 0 saturated heterocycles. The molecule has 1 amide bonds. The van der Waals surface area contributed by atoms with Gasteiger partial charge in [0, 0.05) is 18.7 Å². The van der Waals surface area contributed by atoms with Crippen molar-refractivity contribution in [2.75, 3.05) is 26.9 Å². The fraction of sp³-hybridized carbons (Fsp3) is 0.417. The molecule has 0 bridgehead atoms. The number of aromatic hydroxyl groups is 1. The maximum absolute atomic E-state index is 10.4. The Hall–Kier alpha value is -1.79. The number of carbonyl (C=O) groups is 1. The van der Waals surface area contributed by atoms with E-state index in [1.54, 1.807) is 25.3 Å². The molecule has 0 unspecified atom stereocenters. The Labute approximate surface area is 106 Å². The predicted octanol–water partition coefficient (Wildman–Crippen LogP) is -0.00770. The van der Waals surface area contributed by atoms with Crippen LogP contribution in [-0.4, -0.2) is 37.9 Å². The van der Waals surface area contributed by atoms with Crippen LogP contribution in [0.25, 0.3) is 0 Å². The number of phenolic OH excluding ortho intramolecular Hbond substituents is 1. The molecule has 100 valence electrons. The van der Waals surface area contributed by atoms with E-state index in [0.717, 1.165) is 5.56 Å². The largest absolute Gasteiger partial charge is 0.508 e. The molecule has 1 rings (SSSR count). The minimum Gasteiger partial charge on any atom is -0.508 e. The zero-order valence-corrected chi connectivity index (χ0v) is 10.3. The third-order valence-electron chi connectivity index (χ3n) is 2.27. The summed E-state index contributed by atoms with van der Waals surface area (Å²) in [5, 5.41) is 12.7. The van der Waals surface area contributed by atoms with Gasteiger partial charge in [-0.15, -0.1) is 0 Å². The number of nitrogens with one attached hydrogen (secondary N) is 1. The summed E-state index contributed by atoms with van der Waals surface area (Å²) in [6, 6.07) is 5.03. The standard InChI is InChI=1S/C12H18N2O4/c1-17-10-2-3-11(15)9(6-10)7-14-4-5-18-8-12(13)16/h2-3,6,14-15H,4-5,7-8H2,1H3,(H2,13,16). The minimum atomic E-state index is -0.486. The number of rotatable bonds is 8. The zero-order chi connectivity index (χ0) is 13.4. The van der Waals surface area contributed by atoms with E-state index < -0.39 is 5.91 Å². The molecular weight excluding hydrogens is 236 g/mol. The molecule has 0 aliphatic rings. The van der Waals surface area contributed by atoms with Crippen LogP contribution < -0.4 is 15.8 Å². The van der Waals surface area contributed by atoms with Crippen LogP contribution in [0.15, 0.2) is 18.2 Å². The van der Waals surface area contributed by atoms with Crippen LogP contribution in [0, 0.1) is 0 Å². The second-order valence-corrected chi connectivity index (χ2v) is 3.69. The number of hydrogen-bond donors (Lipinski definition) is 3. The van der Waals surface area contributed by atoms with Crippen molar-refractivity contribution in [2.45, 2.75) is 6.54 Å². The number of primary amides is 1. The molecule has 0 aliphatic heterocycles. The fourth-order valence-corrected chi connectivity index (χ4v) is 1.37.